The average Bonchev–Trinajstić information content (AvgIpc) is 2.90. The smallest absolute Gasteiger partial charge is 0.295 e. The van der Waals surface area contributed by atoms with Gasteiger partial charge in [-0.25, -0.2) is 0 Å². The fourth-order valence-corrected chi connectivity index (χ4v) is 3.38. The van der Waals surface area contributed by atoms with Crippen molar-refractivity contribution in [3.63, 3.8) is 0 Å². The predicted molar refractivity (Wildman–Crippen MR) is 105 cm³/mol. The fraction of sp³-hybridized carbons (Fsp3) is 0.158. The van der Waals surface area contributed by atoms with Crippen molar-refractivity contribution in [1.29, 1.82) is 0 Å². The third kappa shape index (κ3) is 4.03. The van der Waals surface area contributed by atoms with Gasteiger partial charge in [-0.2, -0.15) is 0 Å². The topological polar surface area (TPSA) is 58.6 Å². The first-order chi connectivity index (χ1) is 12.5. The molecular formula is C19H17ClN2O3S. The Balaban J connectivity index is 1.69. The molecule has 1 saturated heterocycles. The number of carbonyl (C=O) groups is 2. The first-order valence-corrected chi connectivity index (χ1v) is 9.07. The number of amides is 2. The molecule has 0 saturated carbocycles. The summed E-state index contributed by atoms with van der Waals surface area (Å²) in [4.78, 5) is 26.2. The molecule has 5 nitrogen and oxygen atoms in total. The number of thioether (sulfide) groups is 1. The highest BCUT2D eigenvalue weighted by molar-refractivity contribution is 8.18. The minimum absolute atomic E-state index is 0.0873. The molecule has 0 unspecified atom stereocenters. The Labute approximate surface area is 161 Å². The number of rotatable bonds is 5. The van der Waals surface area contributed by atoms with E-state index < -0.39 is 0 Å². The predicted octanol–water partition coefficient (Wildman–Crippen LogP) is 4.76. The van der Waals surface area contributed by atoms with Crippen molar-refractivity contribution in [2.75, 3.05) is 19.1 Å². The molecule has 2 amide bonds. The molecule has 0 atom stereocenters. The average molecular weight is 389 g/mol. The lowest BCUT2D eigenvalue weighted by molar-refractivity contribution is -0.122. The highest BCUT2D eigenvalue weighted by Gasteiger charge is 2.34. The lowest BCUT2D eigenvalue weighted by Crippen LogP contribution is -2.33. The van der Waals surface area contributed by atoms with Crippen molar-refractivity contribution in [3.05, 3.63) is 63.5 Å². The number of imide groups is 1. The first-order valence-electron chi connectivity index (χ1n) is 7.87. The normalized spacial score (nSPS) is 15.7. The number of hydrogen-bond donors (Lipinski definition) is 1. The van der Waals surface area contributed by atoms with Crippen LogP contribution in [0.5, 0.6) is 5.75 Å². The number of hydrogen-bond acceptors (Lipinski definition) is 5. The monoisotopic (exact) mass is 388 g/mol. The van der Waals surface area contributed by atoms with E-state index in [1.807, 2.05) is 31.2 Å². The van der Waals surface area contributed by atoms with Crippen molar-refractivity contribution in [1.82, 2.24) is 4.90 Å². The number of nitrogens with zero attached hydrogens (tertiary/aromatic N) is 1. The van der Waals surface area contributed by atoms with E-state index in [0.717, 1.165) is 34.3 Å². The van der Waals surface area contributed by atoms with Gasteiger partial charge in [0.05, 0.1) is 18.7 Å². The second kappa shape index (κ2) is 7.85. The molecule has 7 heteroatoms. The molecular weight excluding hydrogens is 372 g/mol. The number of halogens is 1. The molecule has 2 aromatic rings. The van der Waals surface area contributed by atoms with Crippen LogP contribution in [-0.2, 0) is 4.79 Å². The van der Waals surface area contributed by atoms with Gasteiger partial charge in [0.15, 0.2) is 0 Å². The van der Waals surface area contributed by atoms with Gasteiger partial charge in [-0.05, 0) is 60.2 Å². The lowest BCUT2D eigenvalue weighted by atomic mass is 10.2. The number of methoxy groups -OCH3 is 1. The van der Waals surface area contributed by atoms with E-state index >= 15 is 0 Å². The highest BCUT2D eigenvalue weighted by atomic mass is 35.5. The summed E-state index contributed by atoms with van der Waals surface area (Å²) >= 11 is 7.02. The molecule has 1 N–H and O–H groups in total. The van der Waals surface area contributed by atoms with Crippen LogP contribution < -0.4 is 10.1 Å². The van der Waals surface area contributed by atoms with Crippen LogP contribution in [0.3, 0.4) is 0 Å². The Morgan fingerprint density at radius 2 is 1.92 bits per heavy atom. The van der Waals surface area contributed by atoms with Crippen molar-refractivity contribution >= 4 is 46.3 Å². The summed E-state index contributed by atoms with van der Waals surface area (Å²) in [7, 11) is 1.59. The van der Waals surface area contributed by atoms with Gasteiger partial charge in [-0.3, -0.25) is 14.5 Å². The Bertz CT molecular complexity index is 881. The zero-order chi connectivity index (χ0) is 18.7. The standard InChI is InChI=1S/C19H17ClN2O3S/c1-12-3-6-14(10-16(12)20)21-11-22-18(23)17(26-19(22)24)9-13-4-7-15(25-2)8-5-13/h3-10,21H,11H2,1-2H3. The minimum Gasteiger partial charge on any atom is -0.497 e. The summed E-state index contributed by atoms with van der Waals surface area (Å²) in [5, 5.41) is 3.38. The Morgan fingerprint density at radius 1 is 1.19 bits per heavy atom. The van der Waals surface area contributed by atoms with Gasteiger partial charge in [-0.15, -0.1) is 0 Å². The van der Waals surface area contributed by atoms with Gasteiger partial charge in [0, 0.05) is 10.7 Å². The van der Waals surface area contributed by atoms with Crippen LogP contribution >= 0.6 is 23.4 Å². The van der Waals surface area contributed by atoms with E-state index in [-0.39, 0.29) is 17.8 Å². The van der Waals surface area contributed by atoms with Crippen molar-refractivity contribution in [2.24, 2.45) is 0 Å². The van der Waals surface area contributed by atoms with Crippen molar-refractivity contribution in [3.8, 4) is 5.75 Å². The van der Waals surface area contributed by atoms with Crippen LogP contribution in [0.25, 0.3) is 6.08 Å². The molecule has 1 aliphatic rings. The van der Waals surface area contributed by atoms with E-state index in [0.29, 0.717) is 9.93 Å². The molecule has 1 heterocycles. The Kier molecular flexibility index (Phi) is 5.54. The van der Waals surface area contributed by atoms with E-state index in [9.17, 15) is 9.59 Å². The number of aryl methyl sites for hydroxylation is 1. The maximum absolute atomic E-state index is 12.5. The summed E-state index contributed by atoms with van der Waals surface area (Å²) in [5.41, 5.74) is 2.54. The van der Waals surface area contributed by atoms with E-state index in [1.165, 1.54) is 4.90 Å². The summed E-state index contributed by atoms with van der Waals surface area (Å²) in [6, 6.07) is 12.8. The van der Waals surface area contributed by atoms with Crippen LogP contribution in [-0.4, -0.2) is 29.8 Å². The summed E-state index contributed by atoms with van der Waals surface area (Å²) in [5.74, 6) is 0.415. The molecule has 1 aliphatic heterocycles. The Morgan fingerprint density at radius 3 is 2.58 bits per heavy atom. The van der Waals surface area contributed by atoms with Gasteiger partial charge in [-0.1, -0.05) is 29.8 Å². The van der Waals surface area contributed by atoms with Gasteiger partial charge in [0.2, 0.25) is 0 Å². The van der Waals surface area contributed by atoms with Crippen LogP contribution in [0, 0.1) is 6.92 Å². The summed E-state index contributed by atoms with van der Waals surface area (Å²) in [6.45, 7) is 2.00. The molecule has 0 aromatic heterocycles. The Hall–Kier alpha value is -2.44. The SMILES string of the molecule is COc1ccc(C=C2SC(=O)N(CNc3ccc(C)c(Cl)c3)C2=O)cc1. The second-order valence-electron chi connectivity index (χ2n) is 5.68. The van der Waals surface area contributed by atoms with Gasteiger partial charge in [0.25, 0.3) is 11.1 Å². The van der Waals surface area contributed by atoms with Gasteiger partial charge in [0.1, 0.15) is 5.75 Å². The van der Waals surface area contributed by atoms with E-state index in [2.05, 4.69) is 5.32 Å². The molecule has 1 fully saturated rings. The fourth-order valence-electron chi connectivity index (χ4n) is 2.36. The molecule has 26 heavy (non-hydrogen) atoms. The number of benzene rings is 2. The summed E-state index contributed by atoms with van der Waals surface area (Å²) < 4.78 is 5.11. The third-order valence-corrected chi connectivity index (χ3v) is 5.21. The van der Waals surface area contributed by atoms with Crippen LogP contribution in [0.2, 0.25) is 5.02 Å². The minimum atomic E-state index is -0.318. The highest BCUT2D eigenvalue weighted by Crippen LogP contribution is 2.32. The largest absolute Gasteiger partial charge is 0.497 e. The van der Waals surface area contributed by atoms with Gasteiger partial charge < -0.3 is 10.1 Å². The van der Waals surface area contributed by atoms with Crippen LogP contribution in [0.1, 0.15) is 11.1 Å². The van der Waals surface area contributed by atoms with Crippen molar-refractivity contribution in [2.45, 2.75) is 6.92 Å². The zero-order valence-corrected chi connectivity index (χ0v) is 15.9. The molecule has 134 valence electrons. The number of carbonyl (C=O) groups excluding carboxylic acids is 2. The number of ether oxygens (including phenoxy) is 1. The number of nitrogens with one attached hydrogen (secondary N) is 1. The lowest BCUT2D eigenvalue weighted by Gasteiger charge is -2.15. The third-order valence-electron chi connectivity index (χ3n) is 3.90. The first kappa shape index (κ1) is 18.4. The van der Waals surface area contributed by atoms with Crippen LogP contribution in [0.4, 0.5) is 10.5 Å². The summed E-state index contributed by atoms with van der Waals surface area (Å²) in [6.07, 6.45) is 1.70. The maximum Gasteiger partial charge on any atom is 0.295 e. The molecule has 0 radical (unpaired) electrons. The van der Waals surface area contributed by atoms with E-state index in [4.69, 9.17) is 16.3 Å². The molecule has 3 rings (SSSR count). The maximum atomic E-state index is 12.5. The van der Waals surface area contributed by atoms with E-state index in [1.54, 1.807) is 31.4 Å². The molecule has 0 aliphatic carbocycles. The van der Waals surface area contributed by atoms with Crippen LogP contribution in [0.15, 0.2) is 47.4 Å². The van der Waals surface area contributed by atoms with Gasteiger partial charge >= 0.3 is 0 Å². The molecule has 0 bridgehead atoms. The zero-order valence-electron chi connectivity index (χ0n) is 14.3. The van der Waals surface area contributed by atoms with Crippen molar-refractivity contribution < 1.29 is 14.3 Å². The number of anilines is 1. The molecule has 2 aromatic carbocycles. The second-order valence-corrected chi connectivity index (χ2v) is 7.08. The molecule has 0 spiro atoms. The quantitative estimate of drug-likeness (QED) is 0.748.